The number of hydrogen-bond donors (Lipinski definition) is 2. The molecule has 1 atom stereocenters. The molecule has 8 heteroatoms. The van der Waals surface area contributed by atoms with Crippen LogP contribution < -0.4 is 10.6 Å². The summed E-state index contributed by atoms with van der Waals surface area (Å²) in [6.07, 6.45) is 0. The summed E-state index contributed by atoms with van der Waals surface area (Å²) in [5, 5.41) is 6.84. The number of ether oxygens (including phenoxy) is 1. The Labute approximate surface area is 183 Å². The van der Waals surface area contributed by atoms with Crippen molar-refractivity contribution in [1.29, 1.82) is 0 Å². The lowest BCUT2D eigenvalue weighted by Crippen LogP contribution is -2.47. The molecular formula is C19H41IN6O. The Morgan fingerprint density at radius 1 is 0.963 bits per heavy atom. The zero-order valence-corrected chi connectivity index (χ0v) is 19.9. The molecule has 27 heavy (non-hydrogen) atoms. The van der Waals surface area contributed by atoms with E-state index < -0.39 is 0 Å². The van der Waals surface area contributed by atoms with E-state index in [9.17, 15) is 0 Å². The van der Waals surface area contributed by atoms with Crippen LogP contribution >= 0.6 is 24.0 Å². The van der Waals surface area contributed by atoms with Crippen molar-refractivity contribution >= 4 is 29.9 Å². The van der Waals surface area contributed by atoms with E-state index in [1.165, 1.54) is 32.7 Å². The summed E-state index contributed by atoms with van der Waals surface area (Å²) in [7, 11) is 0. The van der Waals surface area contributed by atoms with Crippen molar-refractivity contribution in [1.82, 2.24) is 25.3 Å². The van der Waals surface area contributed by atoms with E-state index in [1.54, 1.807) is 0 Å². The quantitative estimate of drug-likeness (QED) is 0.280. The molecule has 0 radical (unpaired) electrons. The summed E-state index contributed by atoms with van der Waals surface area (Å²) >= 11 is 0. The topological polar surface area (TPSA) is 55.4 Å². The Kier molecular flexibility index (Phi) is 13.6. The normalized spacial score (nSPS) is 21.5. The van der Waals surface area contributed by atoms with Gasteiger partial charge in [0.1, 0.15) is 0 Å². The van der Waals surface area contributed by atoms with E-state index in [4.69, 9.17) is 9.73 Å². The number of rotatable bonds is 9. The summed E-state index contributed by atoms with van der Waals surface area (Å²) in [4.78, 5) is 12.4. The molecule has 2 aliphatic heterocycles. The fourth-order valence-electron chi connectivity index (χ4n) is 3.53. The first-order valence-electron chi connectivity index (χ1n) is 10.5. The molecule has 0 aliphatic carbocycles. The maximum absolute atomic E-state index is 5.40. The monoisotopic (exact) mass is 496 g/mol. The van der Waals surface area contributed by atoms with E-state index in [0.717, 1.165) is 65.0 Å². The summed E-state index contributed by atoms with van der Waals surface area (Å²) in [5.74, 6) is 1.53. The van der Waals surface area contributed by atoms with E-state index in [0.29, 0.717) is 5.92 Å². The lowest BCUT2D eigenvalue weighted by molar-refractivity contribution is 0.0389. The van der Waals surface area contributed by atoms with Gasteiger partial charge in [-0.3, -0.25) is 9.89 Å². The zero-order valence-electron chi connectivity index (χ0n) is 17.6. The number of nitrogens with one attached hydrogen (secondary N) is 2. The number of likely N-dealkylation sites (N-methyl/N-ethyl adjacent to an activating group) is 1. The standard InChI is InChI=1S/C19H40N6O.HI/c1-4-20-19(21-6-7-24-12-14-26-15-13-24)22-16-18(3)17-25-10-8-23(5-2)9-11-25;/h18H,4-17H2,1-3H3,(H2,20,21,22);1H. The molecule has 2 heterocycles. The highest BCUT2D eigenvalue weighted by Gasteiger charge is 2.17. The van der Waals surface area contributed by atoms with Crippen LogP contribution in [0.3, 0.4) is 0 Å². The maximum atomic E-state index is 5.40. The molecule has 2 aliphatic rings. The van der Waals surface area contributed by atoms with Crippen molar-refractivity contribution in [3.63, 3.8) is 0 Å². The van der Waals surface area contributed by atoms with Gasteiger partial charge in [0.25, 0.3) is 0 Å². The van der Waals surface area contributed by atoms with Crippen molar-refractivity contribution in [2.24, 2.45) is 10.9 Å². The number of hydrogen-bond acceptors (Lipinski definition) is 5. The molecule has 1 unspecified atom stereocenters. The second-order valence-corrected chi connectivity index (χ2v) is 7.44. The smallest absolute Gasteiger partial charge is 0.191 e. The third kappa shape index (κ3) is 10.3. The van der Waals surface area contributed by atoms with Crippen LogP contribution in [0.1, 0.15) is 20.8 Å². The number of guanidine groups is 1. The van der Waals surface area contributed by atoms with Gasteiger partial charge in [-0.25, -0.2) is 0 Å². The SMILES string of the molecule is CCNC(=NCC(C)CN1CCN(CC)CC1)NCCN1CCOCC1.I. The van der Waals surface area contributed by atoms with Crippen molar-refractivity contribution in [3.8, 4) is 0 Å². The highest BCUT2D eigenvalue weighted by atomic mass is 127. The molecule has 0 aromatic rings. The molecule has 0 aromatic carbocycles. The molecule has 7 nitrogen and oxygen atoms in total. The van der Waals surface area contributed by atoms with Gasteiger partial charge in [0.15, 0.2) is 5.96 Å². The second kappa shape index (κ2) is 14.8. The largest absolute Gasteiger partial charge is 0.379 e. The molecule has 160 valence electrons. The van der Waals surface area contributed by atoms with Crippen LogP contribution in [0.4, 0.5) is 0 Å². The Balaban J connectivity index is 0.00000364. The highest BCUT2D eigenvalue weighted by molar-refractivity contribution is 14.0. The van der Waals surface area contributed by atoms with E-state index in [1.807, 2.05) is 0 Å². The first kappa shape index (κ1) is 24.9. The van der Waals surface area contributed by atoms with Crippen LogP contribution in [-0.2, 0) is 4.74 Å². The Hall–Kier alpha value is -0.160. The maximum Gasteiger partial charge on any atom is 0.191 e. The van der Waals surface area contributed by atoms with E-state index in [2.05, 4.69) is 46.1 Å². The van der Waals surface area contributed by atoms with Gasteiger partial charge in [-0.1, -0.05) is 13.8 Å². The van der Waals surface area contributed by atoms with E-state index in [-0.39, 0.29) is 24.0 Å². The molecule has 0 bridgehead atoms. The van der Waals surface area contributed by atoms with Crippen LogP contribution in [0.25, 0.3) is 0 Å². The molecule has 0 aromatic heterocycles. The van der Waals surface area contributed by atoms with Gasteiger partial charge in [-0.05, 0) is 19.4 Å². The zero-order chi connectivity index (χ0) is 18.6. The van der Waals surface area contributed by atoms with Crippen molar-refractivity contribution < 1.29 is 4.74 Å². The average molecular weight is 496 g/mol. The molecule has 2 fully saturated rings. The summed E-state index contributed by atoms with van der Waals surface area (Å²) in [6.45, 7) is 21.4. The van der Waals surface area contributed by atoms with Gasteiger partial charge in [-0.15, -0.1) is 24.0 Å². The van der Waals surface area contributed by atoms with Gasteiger partial charge in [0.2, 0.25) is 0 Å². The van der Waals surface area contributed by atoms with Gasteiger partial charge in [-0.2, -0.15) is 0 Å². The first-order chi connectivity index (χ1) is 12.7. The lowest BCUT2D eigenvalue weighted by atomic mass is 10.1. The number of halogens is 1. The Morgan fingerprint density at radius 3 is 2.26 bits per heavy atom. The van der Waals surface area contributed by atoms with Crippen LogP contribution in [0.15, 0.2) is 4.99 Å². The minimum atomic E-state index is 0. The molecule has 0 amide bonds. The summed E-state index contributed by atoms with van der Waals surface area (Å²) < 4.78 is 5.40. The minimum Gasteiger partial charge on any atom is -0.379 e. The lowest BCUT2D eigenvalue weighted by Gasteiger charge is -2.35. The van der Waals surface area contributed by atoms with Crippen LogP contribution in [0, 0.1) is 5.92 Å². The minimum absolute atomic E-state index is 0. The predicted octanol–water partition coefficient (Wildman–Crippen LogP) is 0.765. The number of nitrogens with zero attached hydrogens (tertiary/aromatic N) is 4. The van der Waals surface area contributed by atoms with Gasteiger partial charge < -0.3 is 25.2 Å². The average Bonchev–Trinajstić information content (AvgIpc) is 2.67. The molecule has 2 rings (SSSR count). The fraction of sp³-hybridized carbons (Fsp3) is 0.947. The summed E-state index contributed by atoms with van der Waals surface area (Å²) in [6, 6.07) is 0. The summed E-state index contributed by atoms with van der Waals surface area (Å²) in [5.41, 5.74) is 0. The molecular weight excluding hydrogens is 455 g/mol. The van der Waals surface area contributed by atoms with Crippen LogP contribution in [0.2, 0.25) is 0 Å². The van der Waals surface area contributed by atoms with Crippen molar-refractivity contribution in [3.05, 3.63) is 0 Å². The third-order valence-corrected chi connectivity index (χ3v) is 5.21. The third-order valence-electron chi connectivity index (χ3n) is 5.21. The molecule has 0 spiro atoms. The first-order valence-corrected chi connectivity index (χ1v) is 10.5. The van der Waals surface area contributed by atoms with Crippen molar-refractivity contribution in [2.45, 2.75) is 20.8 Å². The van der Waals surface area contributed by atoms with Crippen LogP contribution in [0.5, 0.6) is 0 Å². The predicted molar refractivity (Wildman–Crippen MR) is 124 cm³/mol. The molecule has 0 saturated carbocycles. The highest BCUT2D eigenvalue weighted by Crippen LogP contribution is 2.06. The number of piperazine rings is 1. The van der Waals surface area contributed by atoms with Gasteiger partial charge >= 0.3 is 0 Å². The second-order valence-electron chi connectivity index (χ2n) is 7.44. The Bertz CT molecular complexity index is 398. The van der Waals surface area contributed by atoms with Gasteiger partial charge in [0, 0.05) is 72.0 Å². The number of morpholine rings is 1. The molecule has 2 saturated heterocycles. The van der Waals surface area contributed by atoms with Crippen molar-refractivity contribution in [2.75, 3.05) is 91.8 Å². The Morgan fingerprint density at radius 2 is 1.63 bits per heavy atom. The van der Waals surface area contributed by atoms with E-state index >= 15 is 0 Å². The molecule has 2 N–H and O–H groups in total. The van der Waals surface area contributed by atoms with Crippen LogP contribution in [-0.4, -0.2) is 112 Å². The van der Waals surface area contributed by atoms with Gasteiger partial charge in [0.05, 0.1) is 13.2 Å². The fourth-order valence-corrected chi connectivity index (χ4v) is 3.53. The number of aliphatic imine (C=N–C) groups is 1.